The van der Waals surface area contributed by atoms with E-state index >= 15 is 0 Å². The normalized spacial score (nSPS) is 10.3. The minimum absolute atomic E-state index is 0.0106. The Morgan fingerprint density at radius 3 is 1.74 bits per heavy atom. The predicted molar refractivity (Wildman–Crippen MR) is 95.3 cm³/mol. The second-order valence-electron chi connectivity index (χ2n) is 5.56. The van der Waals surface area contributed by atoms with E-state index in [1.165, 1.54) is 0 Å². The first-order chi connectivity index (χ1) is 11.2. The highest BCUT2D eigenvalue weighted by Crippen LogP contribution is 2.28. The fraction of sp³-hybridized carbons (Fsp3) is 0.0952. The first kappa shape index (κ1) is 15.0. The van der Waals surface area contributed by atoms with Crippen molar-refractivity contribution in [1.82, 2.24) is 0 Å². The summed E-state index contributed by atoms with van der Waals surface area (Å²) >= 11 is 0. The van der Waals surface area contributed by atoms with E-state index in [9.17, 15) is 4.79 Å². The highest BCUT2D eigenvalue weighted by atomic mass is 16.2. The fourth-order valence-corrected chi connectivity index (χ4v) is 2.64. The van der Waals surface area contributed by atoms with Gasteiger partial charge in [-0.05, 0) is 55.3 Å². The van der Waals surface area contributed by atoms with Gasteiger partial charge in [0.1, 0.15) is 0 Å². The van der Waals surface area contributed by atoms with Crippen LogP contribution in [0.15, 0.2) is 78.9 Å². The van der Waals surface area contributed by atoms with Crippen LogP contribution in [-0.4, -0.2) is 5.91 Å². The highest BCUT2D eigenvalue weighted by molar-refractivity contribution is 6.11. The van der Waals surface area contributed by atoms with Gasteiger partial charge in [0.15, 0.2) is 0 Å². The van der Waals surface area contributed by atoms with Crippen molar-refractivity contribution in [3.8, 4) is 0 Å². The average molecular weight is 301 g/mol. The number of aryl methyl sites for hydroxylation is 1. The molecule has 0 fully saturated rings. The lowest BCUT2D eigenvalue weighted by Crippen LogP contribution is -2.26. The van der Waals surface area contributed by atoms with Gasteiger partial charge in [-0.15, -0.1) is 0 Å². The molecule has 23 heavy (non-hydrogen) atoms. The molecule has 0 saturated heterocycles. The molecule has 0 N–H and O–H groups in total. The van der Waals surface area contributed by atoms with Gasteiger partial charge < -0.3 is 0 Å². The van der Waals surface area contributed by atoms with Crippen molar-refractivity contribution in [2.75, 3.05) is 4.90 Å². The first-order valence-electron chi connectivity index (χ1n) is 7.69. The molecule has 0 atom stereocenters. The Balaban J connectivity index is 2.12. The molecule has 2 heteroatoms. The topological polar surface area (TPSA) is 20.3 Å². The Bertz CT molecular complexity index is 770. The molecule has 2 nitrogen and oxygen atoms in total. The minimum atomic E-state index is -0.0106. The number of hydrogen-bond acceptors (Lipinski definition) is 1. The quantitative estimate of drug-likeness (QED) is 0.644. The van der Waals surface area contributed by atoms with Gasteiger partial charge in [-0.1, -0.05) is 48.5 Å². The van der Waals surface area contributed by atoms with Crippen LogP contribution in [0.4, 0.5) is 11.4 Å². The Hall–Kier alpha value is -2.87. The molecule has 0 aliphatic rings. The van der Waals surface area contributed by atoms with Gasteiger partial charge in [-0.3, -0.25) is 9.69 Å². The van der Waals surface area contributed by atoms with Crippen LogP contribution in [-0.2, 0) is 0 Å². The summed E-state index contributed by atoms with van der Waals surface area (Å²) in [5.41, 5.74) is 4.61. The molecule has 0 spiro atoms. The molecule has 0 heterocycles. The van der Waals surface area contributed by atoms with Crippen molar-refractivity contribution in [2.24, 2.45) is 0 Å². The van der Waals surface area contributed by atoms with Crippen molar-refractivity contribution < 1.29 is 4.79 Å². The zero-order valence-electron chi connectivity index (χ0n) is 13.4. The van der Waals surface area contributed by atoms with Crippen molar-refractivity contribution in [2.45, 2.75) is 13.8 Å². The Kier molecular flexibility index (Phi) is 4.24. The van der Waals surface area contributed by atoms with E-state index in [0.717, 1.165) is 28.1 Å². The number of benzene rings is 3. The number of carbonyl (C=O) groups is 1. The van der Waals surface area contributed by atoms with Crippen LogP contribution >= 0.6 is 0 Å². The highest BCUT2D eigenvalue weighted by Gasteiger charge is 2.21. The van der Waals surface area contributed by atoms with E-state index in [1.807, 2.05) is 92.7 Å². The summed E-state index contributed by atoms with van der Waals surface area (Å²) in [6, 6.07) is 25.4. The monoisotopic (exact) mass is 301 g/mol. The number of carbonyl (C=O) groups excluding carboxylic acids is 1. The third kappa shape index (κ3) is 3.02. The lowest BCUT2D eigenvalue weighted by Gasteiger charge is -2.24. The summed E-state index contributed by atoms with van der Waals surface area (Å²) < 4.78 is 0. The minimum Gasteiger partial charge on any atom is -0.277 e. The first-order valence-corrected chi connectivity index (χ1v) is 7.69. The smallest absolute Gasteiger partial charge is 0.263 e. The Morgan fingerprint density at radius 1 is 0.696 bits per heavy atom. The number of anilines is 2. The lowest BCUT2D eigenvalue weighted by atomic mass is 10.0. The SMILES string of the molecule is Cc1cccc(C(=O)N(c2ccccc2)c2ccccc2)c1C. The average Bonchev–Trinajstić information content (AvgIpc) is 2.59. The van der Waals surface area contributed by atoms with Crippen LogP contribution in [0.2, 0.25) is 0 Å². The van der Waals surface area contributed by atoms with Gasteiger partial charge in [0, 0.05) is 16.9 Å². The van der Waals surface area contributed by atoms with Crippen LogP contribution in [0.1, 0.15) is 21.5 Å². The van der Waals surface area contributed by atoms with E-state index in [4.69, 9.17) is 0 Å². The van der Waals surface area contributed by atoms with Crippen molar-refractivity contribution in [1.29, 1.82) is 0 Å². The molecule has 0 aromatic heterocycles. The molecule has 114 valence electrons. The van der Waals surface area contributed by atoms with E-state index in [0.29, 0.717) is 0 Å². The van der Waals surface area contributed by atoms with Crippen molar-refractivity contribution in [3.63, 3.8) is 0 Å². The van der Waals surface area contributed by atoms with E-state index in [1.54, 1.807) is 4.90 Å². The molecule has 0 radical (unpaired) electrons. The number of nitrogens with zero attached hydrogens (tertiary/aromatic N) is 1. The molecular formula is C21H19NO. The molecule has 0 aliphatic heterocycles. The second-order valence-corrected chi connectivity index (χ2v) is 5.56. The Morgan fingerprint density at radius 2 is 1.22 bits per heavy atom. The summed E-state index contributed by atoms with van der Waals surface area (Å²) in [5, 5.41) is 0. The molecule has 3 aromatic rings. The van der Waals surface area contributed by atoms with Gasteiger partial charge in [-0.25, -0.2) is 0 Å². The maximum absolute atomic E-state index is 13.2. The van der Waals surface area contributed by atoms with Crippen LogP contribution in [0.3, 0.4) is 0 Å². The molecule has 1 amide bonds. The molecule has 0 unspecified atom stereocenters. The van der Waals surface area contributed by atoms with Gasteiger partial charge in [0.25, 0.3) is 5.91 Å². The largest absolute Gasteiger partial charge is 0.277 e. The molecule has 0 aliphatic carbocycles. The van der Waals surface area contributed by atoms with Gasteiger partial charge >= 0.3 is 0 Å². The van der Waals surface area contributed by atoms with Crippen molar-refractivity contribution >= 4 is 17.3 Å². The van der Waals surface area contributed by atoms with Gasteiger partial charge in [0.2, 0.25) is 0 Å². The van der Waals surface area contributed by atoms with Crippen LogP contribution < -0.4 is 4.90 Å². The molecular weight excluding hydrogens is 282 g/mol. The maximum atomic E-state index is 13.2. The third-order valence-corrected chi connectivity index (χ3v) is 4.07. The predicted octanol–water partition coefficient (Wildman–Crippen LogP) is 5.28. The second kappa shape index (κ2) is 6.49. The fourth-order valence-electron chi connectivity index (χ4n) is 2.64. The molecule has 3 aromatic carbocycles. The number of para-hydroxylation sites is 2. The number of amides is 1. The lowest BCUT2D eigenvalue weighted by molar-refractivity contribution is 0.0998. The summed E-state index contributed by atoms with van der Waals surface area (Å²) in [6.07, 6.45) is 0. The number of rotatable bonds is 3. The summed E-state index contributed by atoms with van der Waals surface area (Å²) in [6.45, 7) is 4.03. The summed E-state index contributed by atoms with van der Waals surface area (Å²) in [7, 11) is 0. The van der Waals surface area contributed by atoms with Gasteiger partial charge in [-0.2, -0.15) is 0 Å². The van der Waals surface area contributed by atoms with E-state index < -0.39 is 0 Å². The summed E-state index contributed by atoms with van der Waals surface area (Å²) in [4.78, 5) is 15.0. The van der Waals surface area contributed by atoms with E-state index in [-0.39, 0.29) is 5.91 Å². The van der Waals surface area contributed by atoms with E-state index in [2.05, 4.69) is 0 Å². The van der Waals surface area contributed by atoms with Crippen LogP contribution in [0, 0.1) is 13.8 Å². The number of hydrogen-bond donors (Lipinski definition) is 0. The zero-order valence-corrected chi connectivity index (χ0v) is 13.4. The van der Waals surface area contributed by atoms with Crippen LogP contribution in [0.25, 0.3) is 0 Å². The standard InChI is InChI=1S/C21H19NO/c1-16-10-9-15-20(17(16)2)21(23)22(18-11-5-3-6-12-18)19-13-7-4-8-14-19/h3-15H,1-2H3. The zero-order chi connectivity index (χ0) is 16.2. The molecule has 0 saturated carbocycles. The third-order valence-electron chi connectivity index (χ3n) is 4.07. The molecule has 0 bridgehead atoms. The summed E-state index contributed by atoms with van der Waals surface area (Å²) in [5.74, 6) is -0.0106. The maximum Gasteiger partial charge on any atom is 0.263 e. The van der Waals surface area contributed by atoms with Crippen LogP contribution in [0.5, 0.6) is 0 Å². The van der Waals surface area contributed by atoms with Crippen molar-refractivity contribution in [3.05, 3.63) is 95.6 Å². The van der Waals surface area contributed by atoms with Gasteiger partial charge in [0.05, 0.1) is 0 Å². The Labute approximate surface area is 137 Å². The molecule has 3 rings (SSSR count).